The summed E-state index contributed by atoms with van der Waals surface area (Å²) in [7, 11) is 1.72. The summed E-state index contributed by atoms with van der Waals surface area (Å²) in [6, 6.07) is 11.4. The largest absolute Gasteiger partial charge is 0.454 e. The number of guanidine groups is 1. The van der Waals surface area contributed by atoms with E-state index in [9.17, 15) is 4.79 Å². The summed E-state index contributed by atoms with van der Waals surface area (Å²) in [5.74, 6) is 0.872. The molecule has 2 aromatic rings. The summed E-state index contributed by atoms with van der Waals surface area (Å²) in [4.78, 5) is 17.6. The van der Waals surface area contributed by atoms with Crippen molar-refractivity contribution in [1.82, 2.24) is 10.6 Å². The van der Waals surface area contributed by atoms with Gasteiger partial charge in [0.2, 0.25) is 0 Å². The molecule has 1 amide bonds. The highest BCUT2D eigenvalue weighted by Gasteiger charge is 2.23. The first-order valence-electron chi connectivity index (χ1n) is 8.41. The van der Waals surface area contributed by atoms with E-state index in [0.717, 1.165) is 30.2 Å². The van der Waals surface area contributed by atoms with Crippen molar-refractivity contribution in [3.8, 4) is 0 Å². The Labute approximate surface area is 180 Å². The number of carbonyl (C=O) groups excluding carboxylic acids is 1. The summed E-state index contributed by atoms with van der Waals surface area (Å²) in [6.07, 6.45) is 1.000. The van der Waals surface area contributed by atoms with Gasteiger partial charge < -0.3 is 25.7 Å². The summed E-state index contributed by atoms with van der Waals surface area (Å²) >= 11 is 6.08. The second kappa shape index (κ2) is 9.84. The number of anilines is 1. The second-order valence-corrected chi connectivity index (χ2v) is 6.55. The van der Waals surface area contributed by atoms with Crippen molar-refractivity contribution in [2.75, 3.05) is 25.0 Å². The van der Waals surface area contributed by atoms with Gasteiger partial charge in [0.15, 0.2) is 11.7 Å². The molecule has 1 aliphatic rings. The number of aliphatic imine (C=N–C) groups is 1. The molecule has 1 aliphatic heterocycles. The van der Waals surface area contributed by atoms with Crippen LogP contribution in [0.3, 0.4) is 0 Å². The molecule has 9 heteroatoms. The summed E-state index contributed by atoms with van der Waals surface area (Å²) in [5, 5.41) is 7.33. The van der Waals surface area contributed by atoms with Crippen molar-refractivity contribution in [2.45, 2.75) is 19.0 Å². The number of carbonyl (C=O) groups is 1. The number of nitrogens with one attached hydrogen (secondary N) is 2. The number of nitrogens with two attached hydrogens (primary N) is 1. The van der Waals surface area contributed by atoms with E-state index in [-0.39, 0.29) is 35.8 Å². The molecule has 1 aromatic carbocycles. The van der Waals surface area contributed by atoms with Crippen LogP contribution in [0.5, 0.6) is 0 Å². The van der Waals surface area contributed by atoms with Gasteiger partial charge in [-0.05, 0) is 36.8 Å². The Kier molecular flexibility index (Phi) is 7.78. The van der Waals surface area contributed by atoms with Crippen LogP contribution >= 0.6 is 35.6 Å². The molecule has 27 heavy (non-hydrogen) atoms. The van der Waals surface area contributed by atoms with Gasteiger partial charge >= 0.3 is 0 Å². The summed E-state index contributed by atoms with van der Waals surface area (Å²) in [6.45, 7) is 2.24. The van der Waals surface area contributed by atoms with E-state index in [0.29, 0.717) is 18.3 Å². The first-order valence-corrected chi connectivity index (χ1v) is 8.79. The molecule has 0 bridgehead atoms. The van der Waals surface area contributed by atoms with E-state index < -0.39 is 5.91 Å². The van der Waals surface area contributed by atoms with E-state index in [1.807, 2.05) is 18.2 Å². The van der Waals surface area contributed by atoms with Gasteiger partial charge in [-0.25, -0.2) is 0 Å². The van der Waals surface area contributed by atoms with E-state index >= 15 is 0 Å². The Bertz CT molecular complexity index is 811. The van der Waals surface area contributed by atoms with Gasteiger partial charge in [-0.15, -0.1) is 24.0 Å². The fourth-order valence-corrected chi connectivity index (χ4v) is 3.13. The number of rotatable bonds is 5. The zero-order valence-electron chi connectivity index (χ0n) is 14.9. The molecule has 1 fully saturated rings. The fourth-order valence-electron chi connectivity index (χ4n) is 2.95. The standard InChI is InChI=1S/C18H22ClN5O2.HI/c1-21-18(22-10-15-5-6-16(26-15)17(20)25)23-13-7-8-24(11-13)14-4-2-3-12(19)9-14;/h2-6,9,13H,7-8,10-11H2,1H3,(H2,20,25)(H2,21,22,23);1H. The minimum Gasteiger partial charge on any atom is -0.454 e. The maximum Gasteiger partial charge on any atom is 0.284 e. The van der Waals surface area contributed by atoms with E-state index in [1.165, 1.54) is 0 Å². The molecular formula is C18H23ClIN5O2. The van der Waals surface area contributed by atoms with E-state index in [4.69, 9.17) is 21.8 Å². The van der Waals surface area contributed by atoms with E-state index in [1.54, 1.807) is 19.2 Å². The number of halogens is 2. The topological polar surface area (TPSA) is 95.9 Å². The van der Waals surface area contributed by atoms with Gasteiger partial charge in [-0.2, -0.15) is 0 Å². The molecule has 3 rings (SSSR count). The molecule has 4 N–H and O–H groups in total. The number of primary amides is 1. The van der Waals surface area contributed by atoms with E-state index in [2.05, 4.69) is 26.6 Å². The molecular weight excluding hydrogens is 481 g/mol. The van der Waals surface area contributed by atoms with Crippen LogP contribution in [0.15, 0.2) is 45.8 Å². The molecule has 0 spiro atoms. The quantitative estimate of drug-likeness (QED) is 0.331. The van der Waals surface area contributed by atoms with Gasteiger partial charge in [-0.3, -0.25) is 9.79 Å². The second-order valence-electron chi connectivity index (χ2n) is 6.11. The Morgan fingerprint density at radius 1 is 1.41 bits per heavy atom. The molecule has 0 aliphatic carbocycles. The lowest BCUT2D eigenvalue weighted by Crippen LogP contribution is -2.44. The minimum absolute atomic E-state index is 0. The molecule has 7 nitrogen and oxygen atoms in total. The maximum absolute atomic E-state index is 11.1. The minimum atomic E-state index is -0.578. The van der Waals surface area contributed by atoms with Crippen molar-refractivity contribution in [3.63, 3.8) is 0 Å². The third kappa shape index (κ3) is 5.77. The zero-order chi connectivity index (χ0) is 18.5. The first kappa shape index (κ1) is 21.4. The van der Waals surface area contributed by atoms with Crippen LogP contribution in [-0.4, -0.2) is 38.0 Å². The fraction of sp³-hybridized carbons (Fsp3) is 0.333. The van der Waals surface area contributed by atoms with Gasteiger partial charge in [0, 0.05) is 36.9 Å². The van der Waals surface area contributed by atoms with Crippen molar-refractivity contribution >= 4 is 53.1 Å². The average Bonchev–Trinajstić information content (AvgIpc) is 3.28. The molecule has 2 heterocycles. The molecule has 146 valence electrons. The highest BCUT2D eigenvalue weighted by atomic mass is 127. The Morgan fingerprint density at radius 2 is 2.22 bits per heavy atom. The number of hydrogen-bond acceptors (Lipinski definition) is 4. The maximum atomic E-state index is 11.1. The molecule has 1 aromatic heterocycles. The number of amides is 1. The number of benzene rings is 1. The number of furan rings is 1. The highest BCUT2D eigenvalue weighted by Crippen LogP contribution is 2.23. The van der Waals surface area contributed by atoms with Gasteiger partial charge in [0.25, 0.3) is 5.91 Å². The van der Waals surface area contributed by atoms with Crippen molar-refractivity contribution < 1.29 is 9.21 Å². The Balaban J connectivity index is 0.00000261. The molecule has 1 unspecified atom stereocenters. The van der Waals surface area contributed by atoms with Crippen LogP contribution in [0, 0.1) is 0 Å². The zero-order valence-corrected chi connectivity index (χ0v) is 18.0. The first-order chi connectivity index (χ1) is 12.5. The Morgan fingerprint density at radius 3 is 2.89 bits per heavy atom. The monoisotopic (exact) mass is 503 g/mol. The van der Waals surface area contributed by atoms with Crippen molar-refractivity contribution in [2.24, 2.45) is 10.7 Å². The van der Waals surface area contributed by atoms with Crippen LogP contribution in [0.1, 0.15) is 22.7 Å². The lowest BCUT2D eigenvalue weighted by atomic mass is 10.2. The van der Waals surface area contributed by atoms with Crippen LogP contribution in [0.25, 0.3) is 0 Å². The van der Waals surface area contributed by atoms with Crippen LogP contribution < -0.4 is 21.3 Å². The predicted molar refractivity (Wildman–Crippen MR) is 118 cm³/mol. The van der Waals surface area contributed by atoms with Crippen LogP contribution in [0.4, 0.5) is 5.69 Å². The number of nitrogens with zero attached hydrogens (tertiary/aromatic N) is 2. The lowest BCUT2D eigenvalue weighted by molar-refractivity contribution is 0.0972. The molecule has 1 saturated heterocycles. The Hall–Kier alpha value is -1.94. The third-order valence-corrected chi connectivity index (χ3v) is 4.50. The highest BCUT2D eigenvalue weighted by molar-refractivity contribution is 14.0. The summed E-state index contributed by atoms with van der Waals surface area (Å²) in [5.41, 5.74) is 6.31. The normalized spacial score (nSPS) is 16.7. The van der Waals surface area contributed by atoms with Crippen LogP contribution in [0.2, 0.25) is 5.02 Å². The van der Waals surface area contributed by atoms with Crippen molar-refractivity contribution in [3.05, 3.63) is 52.9 Å². The molecule has 0 radical (unpaired) electrons. The third-order valence-electron chi connectivity index (χ3n) is 4.26. The SMILES string of the molecule is CN=C(NCc1ccc(C(N)=O)o1)NC1CCN(c2cccc(Cl)c2)C1.I. The van der Waals surface area contributed by atoms with Gasteiger partial charge in [0.05, 0.1) is 6.54 Å². The van der Waals surface area contributed by atoms with Gasteiger partial charge in [-0.1, -0.05) is 17.7 Å². The molecule has 1 atom stereocenters. The number of hydrogen-bond donors (Lipinski definition) is 3. The summed E-state index contributed by atoms with van der Waals surface area (Å²) < 4.78 is 5.36. The average molecular weight is 504 g/mol. The van der Waals surface area contributed by atoms with Crippen molar-refractivity contribution in [1.29, 1.82) is 0 Å². The van der Waals surface area contributed by atoms with Crippen LogP contribution in [-0.2, 0) is 6.54 Å². The predicted octanol–water partition coefficient (Wildman–Crippen LogP) is 2.59. The lowest BCUT2D eigenvalue weighted by Gasteiger charge is -2.20. The smallest absolute Gasteiger partial charge is 0.284 e. The molecule has 0 saturated carbocycles. The van der Waals surface area contributed by atoms with Gasteiger partial charge in [0.1, 0.15) is 5.76 Å².